The Bertz CT molecular complexity index is 1380. The number of benzene rings is 1. The second kappa shape index (κ2) is 9.26. The molecular formula is C21H23ClF3N5O4S. The smallest absolute Gasteiger partial charge is 0.324 e. The molecule has 0 saturated carbocycles. The Labute approximate surface area is 204 Å². The fraction of sp³-hybridized carbons (Fsp3) is 0.429. The zero-order valence-electron chi connectivity index (χ0n) is 19.4. The van der Waals surface area contributed by atoms with E-state index in [2.05, 4.69) is 20.3 Å². The lowest BCUT2D eigenvalue weighted by atomic mass is 9.87. The van der Waals surface area contributed by atoms with Gasteiger partial charge in [-0.1, -0.05) is 32.4 Å². The number of nitrogens with zero attached hydrogens (tertiary/aromatic N) is 4. The van der Waals surface area contributed by atoms with Gasteiger partial charge in [-0.3, -0.25) is 0 Å². The monoisotopic (exact) mass is 533 g/mol. The fourth-order valence-corrected chi connectivity index (χ4v) is 4.81. The minimum atomic E-state index is -4.74. The molecule has 2 heterocycles. The molecule has 1 amide bonds. The van der Waals surface area contributed by atoms with Crippen LogP contribution in [0.15, 0.2) is 29.3 Å². The lowest BCUT2D eigenvalue weighted by Gasteiger charge is -2.23. The van der Waals surface area contributed by atoms with Crippen LogP contribution in [0.1, 0.15) is 57.9 Å². The molecule has 0 fully saturated rings. The van der Waals surface area contributed by atoms with E-state index < -0.39 is 39.7 Å². The number of halogens is 4. The summed E-state index contributed by atoms with van der Waals surface area (Å²) in [5.74, 6) is -1.18. The first-order chi connectivity index (χ1) is 16.0. The summed E-state index contributed by atoms with van der Waals surface area (Å²) in [6.07, 6.45) is -5.10. The second-order valence-electron chi connectivity index (χ2n) is 8.70. The Balaban J connectivity index is 1.88. The number of carbonyl (C=O) groups excluding carboxylic acids is 1. The molecule has 0 aliphatic carbocycles. The van der Waals surface area contributed by atoms with E-state index in [0.717, 1.165) is 6.20 Å². The SMILES string of the molecule is CCn1c(C(C)NC(=O)OS(=O)(=O)c2ccc(Cl)cc2C(C)(C)C)nc2cnc(C(F)(F)F)nc21. The predicted octanol–water partition coefficient (Wildman–Crippen LogP) is 4.99. The molecular weight excluding hydrogens is 511 g/mol. The van der Waals surface area contributed by atoms with Crippen molar-refractivity contribution in [1.82, 2.24) is 24.8 Å². The zero-order chi connectivity index (χ0) is 26.3. The molecule has 0 aliphatic rings. The Morgan fingerprint density at radius 1 is 1.23 bits per heavy atom. The summed E-state index contributed by atoms with van der Waals surface area (Å²) in [7, 11) is -4.53. The molecule has 0 aliphatic heterocycles. The minimum absolute atomic E-state index is 0.0737. The molecule has 1 atom stereocenters. The van der Waals surface area contributed by atoms with Crippen LogP contribution in [0.25, 0.3) is 11.2 Å². The van der Waals surface area contributed by atoms with E-state index in [4.69, 9.17) is 15.8 Å². The van der Waals surface area contributed by atoms with Gasteiger partial charge in [0.05, 0.1) is 12.2 Å². The van der Waals surface area contributed by atoms with Gasteiger partial charge in [0.2, 0.25) is 5.82 Å². The summed E-state index contributed by atoms with van der Waals surface area (Å²) in [6, 6.07) is 3.17. The van der Waals surface area contributed by atoms with Gasteiger partial charge in [0, 0.05) is 11.6 Å². The first-order valence-corrected chi connectivity index (χ1v) is 12.2. The number of nitrogens with one attached hydrogen (secondary N) is 1. The van der Waals surface area contributed by atoms with Crippen molar-refractivity contribution < 1.29 is 30.6 Å². The van der Waals surface area contributed by atoms with E-state index in [-0.39, 0.29) is 28.4 Å². The number of hydrogen-bond donors (Lipinski definition) is 1. The third-order valence-corrected chi connectivity index (χ3v) is 6.51. The number of amides is 1. The van der Waals surface area contributed by atoms with Crippen LogP contribution in [0.4, 0.5) is 18.0 Å². The highest BCUT2D eigenvalue weighted by molar-refractivity contribution is 7.87. The van der Waals surface area contributed by atoms with Crippen LogP contribution in [0.5, 0.6) is 0 Å². The second-order valence-corrected chi connectivity index (χ2v) is 10.6. The van der Waals surface area contributed by atoms with Crippen molar-refractivity contribution in [2.75, 3.05) is 0 Å². The van der Waals surface area contributed by atoms with E-state index in [0.29, 0.717) is 10.6 Å². The van der Waals surface area contributed by atoms with Gasteiger partial charge in [0.1, 0.15) is 16.2 Å². The minimum Gasteiger partial charge on any atom is -0.324 e. The average Bonchev–Trinajstić information content (AvgIpc) is 3.09. The largest absolute Gasteiger partial charge is 0.451 e. The molecule has 3 rings (SSSR count). The molecule has 1 N–H and O–H groups in total. The standard InChI is InChI=1S/C21H23ClF3N5O4S/c1-6-30-16(28-14-10-26-18(21(23,24)25)29-17(14)30)11(2)27-19(31)34-35(32,33)15-8-7-12(22)9-13(15)20(3,4)5/h7-11H,6H2,1-5H3,(H,27,31). The van der Waals surface area contributed by atoms with E-state index in [1.807, 2.05) is 0 Å². The Morgan fingerprint density at radius 2 is 1.89 bits per heavy atom. The molecule has 3 aromatic rings. The Kier molecular flexibility index (Phi) is 7.06. The van der Waals surface area contributed by atoms with Crippen molar-refractivity contribution in [2.24, 2.45) is 0 Å². The van der Waals surface area contributed by atoms with Gasteiger partial charge in [-0.2, -0.15) is 21.6 Å². The van der Waals surface area contributed by atoms with Crippen molar-refractivity contribution in [3.8, 4) is 0 Å². The van der Waals surface area contributed by atoms with Crippen molar-refractivity contribution in [3.05, 3.63) is 46.6 Å². The Hall–Kier alpha value is -2.93. The average molecular weight is 534 g/mol. The maximum absolute atomic E-state index is 13.0. The number of imidazole rings is 1. The van der Waals surface area contributed by atoms with Gasteiger partial charge in [0.15, 0.2) is 5.65 Å². The number of alkyl halides is 3. The van der Waals surface area contributed by atoms with E-state index in [9.17, 15) is 26.4 Å². The lowest BCUT2D eigenvalue weighted by molar-refractivity contribution is -0.144. The molecule has 190 valence electrons. The Morgan fingerprint density at radius 3 is 2.46 bits per heavy atom. The van der Waals surface area contributed by atoms with E-state index in [1.165, 1.54) is 29.7 Å². The highest BCUT2D eigenvalue weighted by atomic mass is 35.5. The quantitative estimate of drug-likeness (QED) is 0.459. The van der Waals surface area contributed by atoms with Crippen LogP contribution in [-0.2, 0) is 32.4 Å². The number of aromatic nitrogens is 4. The first kappa shape index (κ1) is 26.7. The third-order valence-electron chi connectivity index (χ3n) is 5.01. The van der Waals surface area contributed by atoms with Crippen LogP contribution in [0.3, 0.4) is 0 Å². The van der Waals surface area contributed by atoms with Crippen molar-refractivity contribution in [1.29, 1.82) is 0 Å². The number of aryl methyl sites for hydroxylation is 1. The maximum atomic E-state index is 13.0. The molecule has 0 spiro atoms. The van der Waals surface area contributed by atoms with Crippen molar-refractivity contribution in [3.63, 3.8) is 0 Å². The van der Waals surface area contributed by atoms with Gasteiger partial charge >= 0.3 is 22.4 Å². The topological polar surface area (TPSA) is 116 Å². The number of carbonyl (C=O) groups is 1. The van der Waals surface area contributed by atoms with Crippen molar-refractivity contribution >= 4 is 39.0 Å². The normalized spacial score (nSPS) is 13.6. The molecule has 0 saturated heterocycles. The molecule has 1 aromatic carbocycles. The molecule has 2 aromatic heterocycles. The summed E-state index contributed by atoms with van der Waals surface area (Å²) in [5.41, 5.74) is -0.253. The highest BCUT2D eigenvalue weighted by Gasteiger charge is 2.36. The van der Waals surface area contributed by atoms with Gasteiger partial charge in [-0.05, 0) is 43.0 Å². The van der Waals surface area contributed by atoms with Gasteiger partial charge < -0.3 is 14.1 Å². The molecule has 14 heteroatoms. The lowest BCUT2D eigenvalue weighted by Crippen LogP contribution is -2.31. The molecule has 35 heavy (non-hydrogen) atoms. The van der Waals surface area contributed by atoms with E-state index in [1.54, 1.807) is 27.7 Å². The zero-order valence-corrected chi connectivity index (χ0v) is 21.0. The van der Waals surface area contributed by atoms with Crippen LogP contribution in [0, 0.1) is 0 Å². The van der Waals surface area contributed by atoms with Gasteiger partial charge in [-0.15, -0.1) is 0 Å². The van der Waals surface area contributed by atoms with Gasteiger partial charge in [-0.25, -0.2) is 19.7 Å². The fourth-order valence-electron chi connectivity index (χ4n) is 3.43. The summed E-state index contributed by atoms with van der Waals surface area (Å²) in [5, 5.41) is 2.67. The predicted molar refractivity (Wildman–Crippen MR) is 121 cm³/mol. The molecule has 1 unspecified atom stereocenters. The number of rotatable bonds is 5. The summed E-state index contributed by atoms with van der Waals surface area (Å²) >= 11 is 6.02. The van der Waals surface area contributed by atoms with Crippen LogP contribution in [-0.4, -0.2) is 34.0 Å². The van der Waals surface area contributed by atoms with Crippen LogP contribution in [0.2, 0.25) is 5.02 Å². The molecule has 0 bridgehead atoms. The van der Waals surface area contributed by atoms with E-state index >= 15 is 0 Å². The van der Waals surface area contributed by atoms with Crippen LogP contribution < -0.4 is 5.32 Å². The van der Waals surface area contributed by atoms with Crippen LogP contribution >= 0.6 is 11.6 Å². The summed E-state index contributed by atoms with van der Waals surface area (Å²) in [6.45, 7) is 8.65. The summed E-state index contributed by atoms with van der Waals surface area (Å²) < 4.78 is 70.9. The number of hydrogen-bond acceptors (Lipinski definition) is 7. The van der Waals surface area contributed by atoms with Crippen molar-refractivity contribution in [2.45, 2.75) is 63.7 Å². The third kappa shape index (κ3) is 5.67. The molecule has 0 radical (unpaired) electrons. The molecule has 9 nitrogen and oxygen atoms in total. The number of fused-ring (bicyclic) bond motifs is 1. The summed E-state index contributed by atoms with van der Waals surface area (Å²) in [4.78, 5) is 23.3. The maximum Gasteiger partial charge on any atom is 0.451 e. The highest BCUT2D eigenvalue weighted by Crippen LogP contribution is 2.32. The van der Waals surface area contributed by atoms with Gasteiger partial charge in [0.25, 0.3) is 0 Å². The first-order valence-electron chi connectivity index (χ1n) is 10.4.